The van der Waals surface area contributed by atoms with Crippen molar-refractivity contribution in [1.82, 2.24) is 19.6 Å². The number of carbonyl (C=O) groups is 1. The van der Waals surface area contributed by atoms with Crippen LogP contribution in [-0.4, -0.2) is 77.0 Å². The number of hydrogen-bond acceptors (Lipinski definition) is 5. The second-order valence-electron chi connectivity index (χ2n) is 7.81. The van der Waals surface area contributed by atoms with Crippen LogP contribution in [0.15, 0.2) is 16.9 Å². The number of nitrogens with zero attached hydrogens (tertiary/aromatic N) is 5. The Bertz CT molecular complexity index is 756. The van der Waals surface area contributed by atoms with Crippen LogP contribution in [0, 0.1) is 5.92 Å². The molecule has 2 aliphatic heterocycles. The lowest BCUT2D eigenvalue weighted by atomic mass is 10.2. The predicted octanol–water partition coefficient (Wildman–Crippen LogP) is 1.18. The zero-order valence-electron chi connectivity index (χ0n) is 16.2. The minimum atomic E-state index is -4.37. The van der Waals surface area contributed by atoms with Crippen molar-refractivity contribution in [2.24, 2.45) is 5.92 Å². The quantitative estimate of drug-likeness (QED) is 0.742. The predicted molar refractivity (Wildman–Crippen MR) is 98.2 cm³/mol. The molecule has 1 aromatic rings. The Hall–Kier alpha value is -2.10. The summed E-state index contributed by atoms with van der Waals surface area (Å²) in [6, 6.07) is 2.72. The second-order valence-corrected chi connectivity index (χ2v) is 7.81. The van der Waals surface area contributed by atoms with Gasteiger partial charge in [-0.2, -0.15) is 18.3 Å². The molecule has 2 aliphatic rings. The molecule has 1 aromatic heterocycles. The number of carbonyl (C=O) groups excluding carboxylic acids is 1. The maximum Gasteiger partial charge on any atom is 0.406 e. The number of alkyl halides is 3. The van der Waals surface area contributed by atoms with Crippen molar-refractivity contribution in [1.29, 1.82) is 0 Å². The van der Waals surface area contributed by atoms with Crippen molar-refractivity contribution < 1.29 is 18.0 Å². The molecule has 1 amide bonds. The Morgan fingerprint density at radius 2 is 1.79 bits per heavy atom. The fourth-order valence-electron chi connectivity index (χ4n) is 3.78. The van der Waals surface area contributed by atoms with E-state index in [1.54, 1.807) is 6.07 Å². The molecule has 156 valence electrons. The number of hydrogen-bond donors (Lipinski definition) is 0. The molecule has 0 saturated carbocycles. The van der Waals surface area contributed by atoms with Crippen molar-refractivity contribution in [2.45, 2.75) is 39.0 Å². The van der Waals surface area contributed by atoms with E-state index >= 15 is 0 Å². The Labute approximate surface area is 161 Å². The number of halogens is 3. The highest BCUT2D eigenvalue weighted by Gasteiger charge is 2.42. The molecule has 2 saturated heterocycles. The van der Waals surface area contributed by atoms with E-state index in [-0.39, 0.29) is 12.1 Å². The fourth-order valence-corrected chi connectivity index (χ4v) is 3.78. The lowest BCUT2D eigenvalue weighted by molar-refractivity contribution is -0.159. The molecule has 10 heteroatoms. The average Bonchev–Trinajstić information content (AvgIpc) is 2.96. The Morgan fingerprint density at radius 3 is 2.39 bits per heavy atom. The summed E-state index contributed by atoms with van der Waals surface area (Å²) in [7, 11) is 0. The molecule has 0 aliphatic carbocycles. The molecule has 3 rings (SSSR count). The Morgan fingerprint density at radius 1 is 1.11 bits per heavy atom. The van der Waals surface area contributed by atoms with Crippen molar-refractivity contribution in [3.8, 4) is 0 Å². The SMILES string of the molecule is CC(C)Cn1nc(N2CCN(C3CCN(CC(F)(F)F)C3=O)CC2)ccc1=O. The van der Waals surface area contributed by atoms with Gasteiger partial charge in [0.05, 0.1) is 6.04 Å². The lowest BCUT2D eigenvalue weighted by Gasteiger charge is -2.37. The molecule has 0 radical (unpaired) electrons. The highest BCUT2D eigenvalue weighted by molar-refractivity contribution is 5.84. The maximum atomic E-state index is 12.6. The third kappa shape index (κ3) is 4.84. The van der Waals surface area contributed by atoms with E-state index in [1.165, 1.54) is 10.7 Å². The van der Waals surface area contributed by atoms with Crippen LogP contribution >= 0.6 is 0 Å². The number of amides is 1. The summed E-state index contributed by atoms with van der Waals surface area (Å²) in [6.07, 6.45) is -3.94. The first-order valence-electron chi connectivity index (χ1n) is 9.57. The van der Waals surface area contributed by atoms with Gasteiger partial charge in [-0.25, -0.2) is 4.68 Å². The van der Waals surface area contributed by atoms with E-state index in [9.17, 15) is 22.8 Å². The number of piperazine rings is 1. The Balaban J connectivity index is 1.59. The normalized spacial score (nSPS) is 21.8. The summed E-state index contributed by atoms with van der Waals surface area (Å²) < 4.78 is 39.2. The third-order valence-electron chi connectivity index (χ3n) is 5.11. The standard InChI is InChI=1S/C18H26F3N5O2/c1-13(2)11-26-16(27)4-3-15(22-26)24-9-7-23(8-10-24)14-5-6-25(17(14)28)12-18(19,20)21/h3-4,13-14H,5-12H2,1-2H3. The topological polar surface area (TPSA) is 61.7 Å². The summed E-state index contributed by atoms with van der Waals surface area (Å²) >= 11 is 0. The van der Waals surface area contributed by atoms with Crippen molar-refractivity contribution in [3.05, 3.63) is 22.5 Å². The van der Waals surface area contributed by atoms with Gasteiger partial charge in [0.2, 0.25) is 5.91 Å². The van der Waals surface area contributed by atoms with Gasteiger partial charge in [0.1, 0.15) is 12.4 Å². The third-order valence-corrected chi connectivity index (χ3v) is 5.11. The van der Waals surface area contributed by atoms with Gasteiger partial charge in [0.25, 0.3) is 5.56 Å². The monoisotopic (exact) mass is 401 g/mol. The van der Waals surface area contributed by atoms with E-state index in [0.29, 0.717) is 50.9 Å². The smallest absolute Gasteiger partial charge is 0.353 e. The minimum absolute atomic E-state index is 0.141. The second kappa shape index (κ2) is 8.10. The summed E-state index contributed by atoms with van der Waals surface area (Å²) in [5.41, 5.74) is -0.141. The largest absolute Gasteiger partial charge is 0.406 e. The summed E-state index contributed by atoms with van der Waals surface area (Å²) in [5.74, 6) is 0.566. The van der Waals surface area contributed by atoms with Gasteiger partial charge < -0.3 is 9.80 Å². The molecular weight excluding hydrogens is 375 g/mol. The van der Waals surface area contributed by atoms with E-state index in [0.717, 1.165) is 4.90 Å². The maximum absolute atomic E-state index is 12.6. The lowest BCUT2D eigenvalue weighted by Crippen LogP contribution is -2.53. The van der Waals surface area contributed by atoms with E-state index in [2.05, 4.69) is 5.10 Å². The molecule has 1 atom stereocenters. The van der Waals surface area contributed by atoms with Gasteiger partial charge >= 0.3 is 6.18 Å². The van der Waals surface area contributed by atoms with Crippen LogP contribution in [-0.2, 0) is 11.3 Å². The van der Waals surface area contributed by atoms with Gasteiger partial charge in [0, 0.05) is 45.3 Å². The first-order valence-corrected chi connectivity index (χ1v) is 9.57. The number of likely N-dealkylation sites (tertiary alicyclic amines) is 1. The minimum Gasteiger partial charge on any atom is -0.353 e. The fraction of sp³-hybridized carbons (Fsp3) is 0.722. The first kappa shape index (κ1) is 20.6. The van der Waals surface area contributed by atoms with Crippen LogP contribution in [0.4, 0.5) is 19.0 Å². The molecule has 7 nitrogen and oxygen atoms in total. The Kier molecular flexibility index (Phi) is 5.97. The number of rotatable bonds is 5. The van der Waals surface area contributed by atoms with Gasteiger partial charge in [0.15, 0.2) is 0 Å². The van der Waals surface area contributed by atoms with Crippen LogP contribution < -0.4 is 10.5 Å². The molecule has 0 bridgehead atoms. The highest BCUT2D eigenvalue weighted by Crippen LogP contribution is 2.24. The first-order chi connectivity index (χ1) is 13.1. The van der Waals surface area contributed by atoms with Crippen molar-refractivity contribution in [3.63, 3.8) is 0 Å². The molecular formula is C18H26F3N5O2. The van der Waals surface area contributed by atoms with Crippen LogP contribution in [0.3, 0.4) is 0 Å². The average molecular weight is 401 g/mol. The van der Waals surface area contributed by atoms with E-state index < -0.39 is 24.7 Å². The van der Waals surface area contributed by atoms with Gasteiger partial charge in [-0.1, -0.05) is 13.8 Å². The summed E-state index contributed by atoms with van der Waals surface area (Å²) in [4.78, 5) is 29.2. The molecule has 3 heterocycles. The molecule has 1 unspecified atom stereocenters. The van der Waals surface area contributed by atoms with Crippen molar-refractivity contribution in [2.75, 3.05) is 44.2 Å². The van der Waals surface area contributed by atoms with Crippen LogP contribution in [0.5, 0.6) is 0 Å². The number of aromatic nitrogens is 2. The molecule has 2 fully saturated rings. The zero-order valence-corrected chi connectivity index (χ0v) is 16.2. The van der Waals surface area contributed by atoms with Gasteiger partial charge in [-0.3, -0.25) is 14.5 Å². The molecule has 28 heavy (non-hydrogen) atoms. The van der Waals surface area contributed by atoms with E-state index in [1.807, 2.05) is 23.6 Å². The van der Waals surface area contributed by atoms with E-state index in [4.69, 9.17) is 0 Å². The zero-order chi connectivity index (χ0) is 20.5. The van der Waals surface area contributed by atoms with Gasteiger partial charge in [-0.05, 0) is 18.4 Å². The van der Waals surface area contributed by atoms with Gasteiger partial charge in [-0.15, -0.1) is 0 Å². The van der Waals surface area contributed by atoms with Crippen LogP contribution in [0.1, 0.15) is 20.3 Å². The van der Waals surface area contributed by atoms with Crippen LogP contribution in [0.25, 0.3) is 0 Å². The molecule has 0 spiro atoms. The van der Waals surface area contributed by atoms with Crippen LogP contribution in [0.2, 0.25) is 0 Å². The summed E-state index contributed by atoms with van der Waals surface area (Å²) in [5, 5.41) is 4.44. The number of anilines is 1. The molecule has 0 N–H and O–H groups in total. The highest BCUT2D eigenvalue weighted by atomic mass is 19.4. The molecule has 0 aromatic carbocycles. The summed E-state index contributed by atoms with van der Waals surface area (Å²) in [6.45, 7) is 5.89. The van der Waals surface area contributed by atoms with Crippen molar-refractivity contribution >= 4 is 11.7 Å².